The van der Waals surface area contributed by atoms with Crippen molar-refractivity contribution in [3.63, 3.8) is 0 Å². The minimum Gasteiger partial charge on any atom is -0.457 e. The largest absolute Gasteiger partial charge is 0.457 e. The predicted molar refractivity (Wildman–Crippen MR) is 278 cm³/mol. The maximum absolute atomic E-state index is 7.38. The number of ether oxygens (including phenoxy) is 1. The molecule has 7 aromatic carbocycles. The number of hydrogen-bond acceptors (Lipinski definition) is 4. The van der Waals surface area contributed by atoms with Crippen LogP contribution in [-0.2, 0) is 0 Å². The second-order valence-corrected chi connectivity index (χ2v) is 25.1. The van der Waals surface area contributed by atoms with Crippen LogP contribution >= 0.6 is 11.3 Å². The Bertz CT molecular complexity index is 3640. The van der Waals surface area contributed by atoms with Gasteiger partial charge in [-0.25, -0.2) is 4.98 Å². The van der Waals surface area contributed by atoms with Gasteiger partial charge in [0.1, 0.15) is 19.6 Å². The lowest BCUT2D eigenvalue weighted by molar-refractivity contribution is 0.488. The first kappa shape index (κ1) is 38.6. The van der Waals surface area contributed by atoms with E-state index in [0.29, 0.717) is 11.8 Å². The van der Waals surface area contributed by atoms with Gasteiger partial charge < -0.3 is 4.74 Å². The normalized spacial score (nSPS) is 16.3. The van der Waals surface area contributed by atoms with E-state index in [9.17, 15) is 0 Å². The Morgan fingerprint density at radius 2 is 1.21 bits per heavy atom. The van der Waals surface area contributed by atoms with E-state index in [1.807, 2.05) is 17.5 Å². The molecule has 10 aromatic rings. The molecule has 0 amide bonds. The van der Waals surface area contributed by atoms with Crippen LogP contribution in [0.5, 0.6) is 11.5 Å². The topological polar surface area (TPSA) is 39.4 Å². The highest BCUT2D eigenvalue weighted by atomic mass is 32.1. The third-order valence-electron chi connectivity index (χ3n) is 15.8. The summed E-state index contributed by atoms with van der Waals surface area (Å²) in [5, 5.41) is 2.74. The number of imidazole rings is 1. The summed E-state index contributed by atoms with van der Waals surface area (Å²) < 4.78 is 11.1. The Kier molecular flexibility index (Phi) is 8.61. The van der Waals surface area contributed by atoms with E-state index in [-0.39, 0.29) is 0 Å². The maximum Gasteiger partial charge on any atom is 0.195 e. The van der Waals surface area contributed by atoms with Crippen molar-refractivity contribution in [2.24, 2.45) is 0 Å². The molecule has 4 aliphatic rings. The van der Waals surface area contributed by atoms with Gasteiger partial charge in [0.15, 0.2) is 4.96 Å². The molecular formula is C60H49N3OSSi. The molecule has 1 aliphatic heterocycles. The van der Waals surface area contributed by atoms with Gasteiger partial charge in [0.2, 0.25) is 0 Å². The number of benzene rings is 7. The Balaban J connectivity index is 0.953. The molecule has 66 heavy (non-hydrogen) atoms. The third-order valence-corrected chi connectivity index (χ3v) is 20.4. The summed E-state index contributed by atoms with van der Waals surface area (Å²) in [6.45, 7) is 5.08. The van der Waals surface area contributed by atoms with Crippen LogP contribution in [0.4, 0.5) is 0 Å². The van der Waals surface area contributed by atoms with Gasteiger partial charge >= 0.3 is 0 Å². The van der Waals surface area contributed by atoms with E-state index in [0.717, 1.165) is 27.7 Å². The first-order valence-electron chi connectivity index (χ1n) is 24.1. The lowest BCUT2D eigenvalue weighted by Crippen LogP contribution is -2.56. The zero-order valence-corrected chi connectivity index (χ0v) is 39.2. The van der Waals surface area contributed by atoms with Gasteiger partial charge in [0, 0.05) is 28.5 Å². The molecule has 2 saturated carbocycles. The number of aromatic nitrogens is 3. The number of fused-ring (bicyclic) bond motifs is 15. The fourth-order valence-corrected chi connectivity index (χ4v) is 16.6. The standard InChI is InChI=1S/C60H49N3OSSi/c1-66(2)54-27-13-23-45(49-35-48-42-21-9-10-22-43(42)57-44(24-14-32-61-57)40-19-7-8-20-41(40)47(48)34-46(49)37-17-5-6-18-37)58(54)64-53-31-28-38(33-55(53)66)56-39(36-15-3-4-16-36)29-30-52-59(56)65-60-62-50-25-11-12-26-51(50)63(52)60/h7-14,19-37H,3-6,15-18H2,1-2H3. The summed E-state index contributed by atoms with van der Waals surface area (Å²) in [5.74, 6) is 3.11. The molecule has 3 aromatic heterocycles. The van der Waals surface area contributed by atoms with Crippen molar-refractivity contribution in [2.75, 3.05) is 0 Å². The first-order valence-corrected chi connectivity index (χ1v) is 27.9. The molecule has 0 bridgehead atoms. The third kappa shape index (κ3) is 5.67. The van der Waals surface area contributed by atoms with Crippen LogP contribution < -0.4 is 15.1 Å². The van der Waals surface area contributed by atoms with Gasteiger partial charge in [-0.15, -0.1) is 0 Å². The van der Waals surface area contributed by atoms with Crippen molar-refractivity contribution in [3.05, 3.63) is 163 Å². The van der Waals surface area contributed by atoms with Crippen molar-refractivity contribution in [1.82, 2.24) is 14.4 Å². The molecule has 3 aliphatic carbocycles. The Labute approximate surface area is 390 Å². The monoisotopic (exact) mass is 887 g/mol. The number of hydrogen-bond donors (Lipinski definition) is 0. The summed E-state index contributed by atoms with van der Waals surface area (Å²) in [7, 11) is -2.32. The maximum atomic E-state index is 7.38. The zero-order valence-electron chi connectivity index (χ0n) is 37.4. The van der Waals surface area contributed by atoms with Crippen molar-refractivity contribution >= 4 is 56.0 Å². The van der Waals surface area contributed by atoms with E-state index < -0.39 is 8.07 Å². The Morgan fingerprint density at radius 1 is 0.545 bits per heavy atom. The molecule has 0 radical (unpaired) electrons. The highest BCUT2D eigenvalue weighted by Gasteiger charge is 2.39. The molecular weight excluding hydrogens is 839 g/mol. The smallest absolute Gasteiger partial charge is 0.195 e. The van der Waals surface area contributed by atoms with Gasteiger partial charge in [-0.05, 0) is 140 Å². The first-order chi connectivity index (χ1) is 32.5. The minimum absolute atomic E-state index is 0.487. The fraction of sp³-hybridized carbons (Fsp3) is 0.200. The summed E-state index contributed by atoms with van der Waals surface area (Å²) in [5.41, 5.74) is 21.3. The van der Waals surface area contributed by atoms with Crippen LogP contribution in [-0.4, -0.2) is 22.4 Å². The molecule has 320 valence electrons. The van der Waals surface area contributed by atoms with Crippen LogP contribution in [0.3, 0.4) is 0 Å². The molecule has 0 spiro atoms. The minimum atomic E-state index is -2.32. The molecule has 2 fully saturated rings. The summed E-state index contributed by atoms with van der Waals surface area (Å²) >= 11 is 1.85. The van der Waals surface area contributed by atoms with Gasteiger partial charge in [-0.1, -0.05) is 153 Å². The second kappa shape index (κ2) is 14.7. The van der Waals surface area contributed by atoms with E-state index in [4.69, 9.17) is 14.7 Å². The Morgan fingerprint density at radius 3 is 2.02 bits per heavy atom. The van der Waals surface area contributed by atoms with Crippen molar-refractivity contribution in [3.8, 4) is 78.4 Å². The zero-order chi connectivity index (χ0) is 43.7. The number of thiazole rings is 1. The van der Waals surface area contributed by atoms with Crippen LogP contribution in [0, 0.1) is 0 Å². The Hall–Kier alpha value is -6.60. The van der Waals surface area contributed by atoms with Crippen molar-refractivity contribution < 1.29 is 4.74 Å². The summed E-state index contributed by atoms with van der Waals surface area (Å²) in [6.07, 6.45) is 12.0. The highest BCUT2D eigenvalue weighted by molar-refractivity contribution is 7.24. The van der Waals surface area contributed by atoms with E-state index in [1.165, 1.54) is 150 Å². The van der Waals surface area contributed by atoms with Crippen molar-refractivity contribution in [2.45, 2.75) is 76.3 Å². The van der Waals surface area contributed by atoms with Gasteiger partial charge in [0.25, 0.3) is 0 Å². The van der Waals surface area contributed by atoms with E-state index in [2.05, 4.69) is 163 Å². The SMILES string of the molecule is C[Si]1(C)c2cc(-c3c(C4CCCC4)ccc4c3sc3nc5ccccc5n34)ccc2Oc2c(-c3cc4c(cc3C3CCCC3)-c3ccccc3-c3cccnc3-c3ccccc3-4)cccc21. The van der Waals surface area contributed by atoms with Gasteiger partial charge in [-0.2, -0.15) is 0 Å². The van der Waals surface area contributed by atoms with Crippen molar-refractivity contribution in [1.29, 1.82) is 0 Å². The molecule has 6 heteroatoms. The van der Waals surface area contributed by atoms with Crippen LogP contribution in [0.1, 0.15) is 74.3 Å². The highest BCUT2D eigenvalue weighted by Crippen LogP contribution is 2.53. The number of pyridine rings is 1. The molecule has 0 saturated heterocycles. The number of rotatable bonds is 4. The molecule has 0 N–H and O–H groups in total. The van der Waals surface area contributed by atoms with E-state index >= 15 is 0 Å². The summed E-state index contributed by atoms with van der Waals surface area (Å²) in [6, 6.07) is 54.9. The average Bonchev–Trinajstić information content (AvgIpc) is 4.20. The predicted octanol–water partition coefficient (Wildman–Crippen LogP) is 15.7. The van der Waals surface area contributed by atoms with Crippen LogP contribution in [0.15, 0.2) is 152 Å². The number of para-hydroxylation sites is 3. The van der Waals surface area contributed by atoms with E-state index in [1.54, 1.807) is 0 Å². The quantitative estimate of drug-likeness (QED) is 0.165. The average molecular weight is 888 g/mol. The van der Waals surface area contributed by atoms with Crippen LogP contribution in [0.2, 0.25) is 13.1 Å². The molecule has 4 nitrogen and oxygen atoms in total. The lowest BCUT2D eigenvalue weighted by Gasteiger charge is -2.35. The fourth-order valence-electron chi connectivity index (χ4n) is 12.6. The van der Waals surface area contributed by atoms with Gasteiger partial charge in [0.05, 0.1) is 26.9 Å². The number of nitrogens with zero attached hydrogens (tertiary/aromatic N) is 3. The van der Waals surface area contributed by atoms with Gasteiger partial charge in [-0.3, -0.25) is 9.38 Å². The molecule has 0 unspecified atom stereocenters. The molecule has 14 rings (SSSR count). The second-order valence-electron chi connectivity index (χ2n) is 19.8. The summed E-state index contributed by atoms with van der Waals surface area (Å²) in [4.78, 5) is 11.2. The molecule has 0 atom stereocenters. The lowest BCUT2D eigenvalue weighted by atomic mass is 9.78. The molecule has 4 heterocycles. The van der Waals surface area contributed by atoms with Crippen LogP contribution in [0.25, 0.3) is 93.1 Å².